The van der Waals surface area contributed by atoms with Gasteiger partial charge in [-0.05, 0) is 29.8 Å². The maximum atomic E-state index is 10.7. The van der Waals surface area contributed by atoms with Crippen LogP contribution in [0.3, 0.4) is 0 Å². The van der Waals surface area contributed by atoms with Crippen molar-refractivity contribution in [1.82, 2.24) is 15.2 Å². The Kier molecular flexibility index (Phi) is 4.25. The number of carbonyl (C=O) groups excluding carboxylic acids is 1. The topological polar surface area (TPSA) is 67.9 Å². The number of hydrogen-bond donors (Lipinski definition) is 1. The van der Waals surface area contributed by atoms with E-state index in [1.54, 1.807) is 18.5 Å². The van der Waals surface area contributed by atoms with Gasteiger partial charge in [0, 0.05) is 18.2 Å². The zero-order valence-corrected chi connectivity index (χ0v) is 11.9. The van der Waals surface area contributed by atoms with Crippen LogP contribution in [0.15, 0.2) is 54.9 Å². The van der Waals surface area contributed by atoms with E-state index in [1.807, 2.05) is 36.4 Å². The molecule has 1 aromatic carbocycles. The molecule has 5 heteroatoms. The minimum atomic E-state index is 0.535. The van der Waals surface area contributed by atoms with Gasteiger partial charge in [0.05, 0.1) is 24.2 Å². The van der Waals surface area contributed by atoms with Gasteiger partial charge in [0.15, 0.2) is 0 Å². The first-order valence-electron chi connectivity index (χ1n) is 6.98. The molecule has 110 valence electrons. The number of H-pyrrole nitrogens is 1. The first-order chi connectivity index (χ1) is 10.8. The maximum absolute atomic E-state index is 10.7. The normalized spacial score (nSPS) is 10.4. The van der Waals surface area contributed by atoms with Crippen molar-refractivity contribution in [2.75, 3.05) is 6.61 Å². The highest BCUT2D eigenvalue weighted by Crippen LogP contribution is 2.17. The Hall–Kier alpha value is -2.95. The van der Waals surface area contributed by atoms with Gasteiger partial charge in [-0.3, -0.25) is 14.9 Å². The highest BCUT2D eigenvalue weighted by molar-refractivity contribution is 5.74. The number of benzene rings is 1. The number of pyridine rings is 1. The fraction of sp³-hybridized carbons (Fsp3) is 0.118. The Bertz CT molecular complexity index is 737. The summed E-state index contributed by atoms with van der Waals surface area (Å²) in [6.45, 7) is 0.535. The maximum Gasteiger partial charge on any atom is 0.150 e. The zero-order chi connectivity index (χ0) is 15.2. The quantitative estimate of drug-likeness (QED) is 0.710. The molecule has 2 aromatic heterocycles. The van der Waals surface area contributed by atoms with Gasteiger partial charge < -0.3 is 4.74 Å². The van der Waals surface area contributed by atoms with Crippen LogP contribution in [0.25, 0.3) is 11.4 Å². The summed E-state index contributed by atoms with van der Waals surface area (Å²) in [5, 5.41) is 6.76. The molecule has 3 aromatic rings. The number of aromatic amines is 1. The molecule has 22 heavy (non-hydrogen) atoms. The smallest absolute Gasteiger partial charge is 0.150 e. The summed E-state index contributed by atoms with van der Waals surface area (Å²) in [5.74, 6) is 0.717. The molecule has 0 bridgehead atoms. The molecule has 0 spiro atoms. The van der Waals surface area contributed by atoms with Crippen molar-refractivity contribution in [3.63, 3.8) is 0 Å². The molecule has 0 aliphatic heterocycles. The van der Waals surface area contributed by atoms with Crippen molar-refractivity contribution in [1.29, 1.82) is 0 Å². The molecule has 0 radical (unpaired) electrons. The van der Waals surface area contributed by atoms with Crippen molar-refractivity contribution < 1.29 is 9.53 Å². The molecule has 5 nitrogen and oxygen atoms in total. The van der Waals surface area contributed by atoms with Gasteiger partial charge in [-0.25, -0.2) is 0 Å². The molecule has 2 heterocycles. The number of hydrogen-bond acceptors (Lipinski definition) is 4. The fourth-order valence-corrected chi connectivity index (χ4v) is 2.13. The molecule has 0 aliphatic rings. The number of aromatic nitrogens is 3. The third-order valence-electron chi connectivity index (χ3n) is 3.26. The van der Waals surface area contributed by atoms with Crippen LogP contribution >= 0.6 is 0 Å². The monoisotopic (exact) mass is 293 g/mol. The molecular formula is C17H15N3O2. The second-order valence-corrected chi connectivity index (χ2v) is 4.81. The van der Waals surface area contributed by atoms with Crippen LogP contribution in [0.2, 0.25) is 0 Å². The van der Waals surface area contributed by atoms with Crippen LogP contribution in [-0.4, -0.2) is 28.1 Å². The van der Waals surface area contributed by atoms with E-state index in [2.05, 4.69) is 15.2 Å². The number of nitrogens with one attached hydrogen (secondary N) is 1. The first-order valence-corrected chi connectivity index (χ1v) is 6.98. The Balaban J connectivity index is 1.56. The average Bonchev–Trinajstić information content (AvgIpc) is 3.10. The lowest BCUT2D eigenvalue weighted by molar-refractivity contribution is 0.112. The van der Waals surface area contributed by atoms with E-state index in [-0.39, 0.29) is 0 Å². The van der Waals surface area contributed by atoms with E-state index in [4.69, 9.17) is 4.74 Å². The largest absolute Gasteiger partial charge is 0.492 e. The molecule has 3 rings (SSSR count). The summed E-state index contributed by atoms with van der Waals surface area (Å²) in [6, 6.07) is 13.1. The number of ether oxygens (including phenoxy) is 1. The molecule has 0 aliphatic carbocycles. The Morgan fingerprint density at radius 2 is 2.14 bits per heavy atom. The Morgan fingerprint density at radius 3 is 2.86 bits per heavy atom. The van der Waals surface area contributed by atoms with Crippen molar-refractivity contribution in [2.24, 2.45) is 0 Å². The Labute approximate surface area is 128 Å². The van der Waals surface area contributed by atoms with Crippen LogP contribution < -0.4 is 4.74 Å². The van der Waals surface area contributed by atoms with E-state index >= 15 is 0 Å². The van der Waals surface area contributed by atoms with E-state index < -0.39 is 0 Å². The molecule has 1 N–H and O–H groups in total. The zero-order valence-electron chi connectivity index (χ0n) is 11.9. The molecule has 0 saturated carbocycles. The molecule has 0 saturated heterocycles. The molecular weight excluding hydrogens is 278 g/mol. The van der Waals surface area contributed by atoms with Crippen molar-refractivity contribution in [2.45, 2.75) is 6.42 Å². The molecule has 0 unspecified atom stereocenters. The van der Waals surface area contributed by atoms with E-state index in [0.29, 0.717) is 12.2 Å². The predicted octanol–water partition coefficient (Wildman–Crippen LogP) is 2.91. The van der Waals surface area contributed by atoms with Gasteiger partial charge in [-0.15, -0.1) is 0 Å². The van der Waals surface area contributed by atoms with Crippen LogP contribution in [0.1, 0.15) is 15.9 Å². The van der Waals surface area contributed by atoms with Crippen LogP contribution in [0.4, 0.5) is 0 Å². The summed E-state index contributed by atoms with van der Waals surface area (Å²) in [6.07, 6.45) is 4.97. The van der Waals surface area contributed by atoms with E-state index in [0.717, 1.165) is 35.4 Å². The first kappa shape index (κ1) is 14.0. The van der Waals surface area contributed by atoms with Crippen molar-refractivity contribution in [3.8, 4) is 17.1 Å². The molecule has 0 fully saturated rings. The minimum absolute atomic E-state index is 0.535. The van der Waals surface area contributed by atoms with Gasteiger partial charge in [-0.2, -0.15) is 5.10 Å². The lowest BCUT2D eigenvalue weighted by Crippen LogP contribution is -2.02. The number of rotatable bonds is 6. The second kappa shape index (κ2) is 6.67. The minimum Gasteiger partial charge on any atom is -0.492 e. The van der Waals surface area contributed by atoms with Crippen LogP contribution in [0, 0.1) is 0 Å². The summed E-state index contributed by atoms with van der Waals surface area (Å²) in [5.41, 5.74) is 3.45. The lowest BCUT2D eigenvalue weighted by Gasteiger charge is -2.07. The molecule has 0 atom stereocenters. The van der Waals surface area contributed by atoms with Gasteiger partial charge >= 0.3 is 0 Å². The number of carbonyl (C=O) groups is 1. The fourth-order valence-electron chi connectivity index (χ4n) is 2.13. The standard InChI is InChI=1S/C17H15N3O2/c21-12-14-3-1-2-13(10-14)7-9-22-15-4-5-16(18-11-15)17-6-8-19-20-17/h1-6,8,10-12H,7,9H2,(H,19,20). The second-order valence-electron chi connectivity index (χ2n) is 4.81. The van der Waals surface area contributed by atoms with Crippen LogP contribution in [-0.2, 0) is 6.42 Å². The van der Waals surface area contributed by atoms with E-state index in [1.165, 1.54) is 0 Å². The third kappa shape index (κ3) is 3.38. The summed E-state index contributed by atoms with van der Waals surface area (Å²) in [7, 11) is 0. The van der Waals surface area contributed by atoms with E-state index in [9.17, 15) is 4.79 Å². The third-order valence-corrected chi connectivity index (χ3v) is 3.26. The number of aldehydes is 1. The summed E-state index contributed by atoms with van der Waals surface area (Å²) >= 11 is 0. The number of nitrogens with zero attached hydrogens (tertiary/aromatic N) is 2. The lowest BCUT2D eigenvalue weighted by atomic mass is 10.1. The van der Waals surface area contributed by atoms with Gasteiger partial charge in [0.2, 0.25) is 0 Å². The summed E-state index contributed by atoms with van der Waals surface area (Å²) < 4.78 is 5.68. The summed E-state index contributed by atoms with van der Waals surface area (Å²) in [4.78, 5) is 15.1. The van der Waals surface area contributed by atoms with Crippen molar-refractivity contribution >= 4 is 6.29 Å². The highest BCUT2D eigenvalue weighted by Gasteiger charge is 2.02. The highest BCUT2D eigenvalue weighted by atomic mass is 16.5. The van der Waals surface area contributed by atoms with Crippen LogP contribution in [0.5, 0.6) is 5.75 Å². The van der Waals surface area contributed by atoms with Gasteiger partial charge in [0.1, 0.15) is 12.0 Å². The van der Waals surface area contributed by atoms with Gasteiger partial charge in [-0.1, -0.05) is 18.2 Å². The van der Waals surface area contributed by atoms with Gasteiger partial charge in [0.25, 0.3) is 0 Å². The van der Waals surface area contributed by atoms with Crippen molar-refractivity contribution in [3.05, 3.63) is 66.0 Å². The Morgan fingerprint density at radius 1 is 1.18 bits per heavy atom. The SMILES string of the molecule is O=Cc1cccc(CCOc2ccc(-c3ccn[nH]3)nc2)c1. The molecule has 0 amide bonds. The predicted molar refractivity (Wildman–Crippen MR) is 82.8 cm³/mol. The average molecular weight is 293 g/mol.